The van der Waals surface area contributed by atoms with Gasteiger partial charge in [-0.1, -0.05) is 0 Å². The van der Waals surface area contributed by atoms with Crippen molar-refractivity contribution in [3.05, 3.63) is 59.3 Å². The molecule has 1 saturated heterocycles. The van der Waals surface area contributed by atoms with E-state index in [-0.39, 0.29) is 17.5 Å². The SMILES string of the molecule is Cc1cc2nc(C3CCCN(C(=O)CCCc4ccncc4)C3)cc(C(F)(F)F)n2n1. The lowest BCUT2D eigenvalue weighted by molar-refractivity contribution is -0.143. The molecule has 6 nitrogen and oxygen atoms in total. The molecule has 1 aliphatic heterocycles. The van der Waals surface area contributed by atoms with Gasteiger partial charge in [0.15, 0.2) is 5.65 Å². The minimum absolute atomic E-state index is 0.0380. The van der Waals surface area contributed by atoms with Crippen LogP contribution in [0.3, 0.4) is 0 Å². The van der Waals surface area contributed by atoms with E-state index >= 15 is 0 Å². The smallest absolute Gasteiger partial charge is 0.342 e. The molecule has 1 atom stereocenters. The maximum atomic E-state index is 13.6. The van der Waals surface area contributed by atoms with E-state index in [0.717, 1.165) is 35.4 Å². The number of rotatable bonds is 5. The normalized spacial score (nSPS) is 17.3. The number of hydrogen-bond acceptors (Lipinski definition) is 4. The maximum absolute atomic E-state index is 13.6. The Kier molecular flexibility index (Phi) is 5.93. The number of amides is 1. The predicted molar refractivity (Wildman–Crippen MR) is 108 cm³/mol. The number of piperidine rings is 1. The standard InChI is InChI=1S/C22H24F3N5O/c1-15-12-20-27-18(13-19(22(23,24)25)30(20)28-15)17-5-3-11-29(14-17)21(31)6-2-4-16-7-9-26-10-8-16/h7-10,12-13,17H,2-6,11,14H2,1H3. The maximum Gasteiger partial charge on any atom is 0.433 e. The summed E-state index contributed by atoms with van der Waals surface area (Å²) in [7, 11) is 0. The van der Waals surface area contributed by atoms with E-state index < -0.39 is 11.9 Å². The van der Waals surface area contributed by atoms with Crippen LogP contribution >= 0.6 is 0 Å². The van der Waals surface area contributed by atoms with Gasteiger partial charge in [-0.05, 0) is 56.4 Å². The van der Waals surface area contributed by atoms with Gasteiger partial charge in [-0.25, -0.2) is 9.50 Å². The fourth-order valence-electron chi connectivity index (χ4n) is 4.12. The topological polar surface area (TPSA) is 63.4 Å². The second-order valence-electron chi connectivity index (χ2n) is 8.01. The summed E-state index contributed by atoms with van der Waals surface area (Å²) in [6.07, 6.45) is 2.30. The molecule has 9 heteroatoms. The first kappa shape index (κ1) is 21.3. The van der Waals surface area contributed by atoms with E-state index in [4.69, 9.17) is 0 Å². The highest BCUT2D eigenvalue weighted by Gasteiger charge is 2.36. The number of nitrogens with zero attached hydrogens (tertiary/aromatic N) is 5. The van der Waals surface area contributed by atoms with Crippen LogP contribution in [0.5, 0.6) is 0 Å². The van der Waals surface area contributed by atoms with E-state index in [1.807, 2.05) is 12.1 Å². The summed E-state index contributed by atoms with van der Waals surface area (Å²) in [5.74, 6) is -0.185. The quantitative estimate of drug-likeness (QED) is 0.608. The summed E-state index contributed by atoms with van der Waals surface area (Å²) >= 11 is 0. The fraction of sp³-hybridized carbons (Fsp3) is 0.455. The molecular formula is C22H24F3N5O. The number of carbonyl (C=O) groups excluding carboxylic acids is 1. The lowest BCUT2D eigenvalue weighted by Gasteiger charge is -2.33. The van der Waals surface area contributed by atoms with Crippen molar-refractivity contribution in [3.8, 4) is 0 Å². The molecule has 1 amide bonds. The number of fused-ring (bicyclic) bond motifs is 1. The third-order valence-electron chi connectivity index (χ3n) is 5.66. The first-order valence-corrected chi connectivity index (χ1v) is 10.4. The van der Waals surface area contributed by atoms with Crippen LogP contribution in [-0.4, -0.2) is 43.5 Å². The third kappa shape index (κ3) is 4.86. The van der Waals surface area contributed by atoms with Crippen molar-refractivity contribution >= 4 is 11.6 Å². The highest BCUT2D eigenvalue weighted by Crippen LogP contribution is 2.33. The minimum Gasteiger partial charge on any atom is -0.342 e. The van der Waals surface area contributed by atoms with Gasteiger partial charge in [-0.15, -0.1) is 0 Å². The van der Waals surface area contributed by atoms with Gasteiger partial charge in [0.2, 0.25) is 5.91 Å². The molecule has 0 radical (unpaired) electrons. The van der Waals surface area contributed by atoms with Gasteiger partial charge in [0, 0.05) is 49.6 Å². The third-order valence-corrected chi connectivity index (χ3v) is 5.66. The predicted octanol–water partition coefficient (Wildman–Crippen LogP) is 4.18. The first-order valence-electron chi connectivity index (χ1n) is 10.4. The Hall–Kier alpha value is -2.97. The summed E-state index contributed by atoms with van der Waals surface area (Å²) < 4.78 is 41.7. The molecule has 0 spiro atoms. The zero-order valence-electron chi connectivity index (χ0n) is 17.3. The number of aromatic nitrogens is 4. The van der Waals surface area contributed by atoms with Crippen LogP contribution < -0.4 is 0 Å². The number of hydrogen-bond donors (Lipinski definition) is 0. The molecule has 1 unspecified atom stereocenters. The van der Waals surface area contributed by atoms with Crippen molar-refractivity contribution in [3.63, 3.8) is 0 Å². The molecule has 1 aliphatic rings. The van der Waals surface area contributed by atoms with Crippen molar-refractivity contribution in [2.24, 2.45) is 0 Å². The van der Waals surface area contributed by atoms with Gasteiger partial charge < -0.3 is 4.90 Å². The summed E-state index contributed by atoms with van der Waals surface area (Å²) in [5.41, 5.74) is 1.33. The summed E-state index contributed by atoms with van der Waals surface area (Å²) in [6, 6.07) is 6.49. The summed E-state index contributed by atoms with van der Waals surface area (Å²) in [6.45, 7) is 2.66. The largest absolute Gasteiger partial charge is 0.433 e. The number of carbonyl (C=O) groups is 1. The molecule has 1 fully saturated rings. The Balaban J connectivity index is 1.46. The molecule has 4 heterocycles. The highest BCUT2D eigenvalue weighted by atomic mass is 19.4. The Bertz CT molecular complexity index is 1060. The molecule has 0 N–H and O–H groups in total. The van der Waals surface area contributed by atoms with Crippen LogP contribution in [0, 0.1) is 6.92 Å². The van der Waals surface area contributed by atoms with Crippen LogP contribution in [0.15, 0.2) is 36.7 Å². The first-order chi connectivity index (χ1) is 14.8. The van der Waals surface area contributed by atoms with Crippen molar-refractivity contribution < 1.29 is 18.0 Å². The number of likely N-dealkylation sites (tertiary alicyclic amines) is 1. The number of aryl methyl sites for hydroxylation is 2. The van der Waals surface area contributed by atoms with E-state index in [9.17, 15) is 18.0 Å². The van der Waals surface area contributed by atoms with E-state index in [1.165, 1.54) is 0 Å². The lowest BCUT2D eigenvalue weighted by Crippen LogP contribution is -2.39. The van der Waals surface area contributed by atoms with E-state index in [0.29, 0.717) is 37.3 Å². The second kappa shape index (κ2) is 8.64. The molecule has 0 aromatic carbocycles. The molecule has 3 aromatic rings. The fourth-order valence-corrected chi connectivity index (χ4v) is 4.12. The van der Waals surface area contributed by atoms with Gasteiger partial charge in [0.05, 0.1) is 5.69 Å². The van der Waals surface area contributed by atoms with E-state index in [1.54, 1.807) is 30.3 Å². The molecule has 31 heavy (non-hydrogen) atoms. The zero-order chi connectivity index (χ0) is 22.0. The van der Waals surface area contributed by atoms with Gasteiger partial charge in [0.1, 0.15) is 5.69 Å². The zero-order valence-corrected chi connectivity index (χ0v) is 17.3. The second-order valence-corrected chi connectivity index (χ2v) is 8.01. The average molecular weight is 431 g/mol. The van der Waals surface area contributed by atoms with Gasteiger partial charge >= 0.3 is 6.18 Å². The molecule has 164 valence electrons. The van der Waals surface area contributed by atoms with E-state index in [2.05, 4.69) is 15.1 Å². The molecule has 0 bridgehead atoms. The van der Waals surface area contributed by atoms with Gasteiger partial charge in [0.25, 0.3) is 0 Å². The van der Waals surface area contributed by atoms with Crippen LogP contribution in [-0.2, 0) is 17.4 Å². The van der Waals surface area contributed by atoms with Crippen molar-refractivity contribution in [1.29, 1.82) is 0 Å². The molecule has 3 aromatic heterocycles. The van der Waals surface area contributed by atoms with Crippen molar-refractivity contribution in [2.75, 3.05) is 13.1 Å². The summed E-state index contributed by atoms with van der Waals surface area (Å²) in [5, 5.41) is 3.93. The number of alkyl halides is 3. The average Bonchev–Trinajstić information content (AvgIpc) is 3.13. The Morgan fingerprint density at radius 3 is 2.74 bits per heavy atom. The Morgan fingerprint density at radius 2 is 2.00 bits per heavy atom. The molecule has 0 aliphatic carbocycles. The van der Waals surface area contributed by atoms with Crippen molar-refractivity contribution in [2.45, 2.75) is 51.1 Å². The summed E-state index contributed by atoms with van der Waals surface area (Å²) in [4.78, 5) is 22.9. The van der Waals surface area contributed by atoms with Crippen molar-refractivity contribution in [1.82, 2.24) is 24.5 Å². The molecule has 4 rings (SSSR count). The Morgan fingerprint density at radius 1 is 1.23 bits per heavy atom. The lowest BCUT2D eigenvalue weighted by atomic mass is 9.93. The number of pyridine rings is 1. The monoisotopic (exact) mass is 431 g/mol. The minimum atomic E-state index is -4.54. The van der Waals surface area contributed by atoms with Crippen LogP contribution in [0.4, 0.5) is 13.2 Å². The van der Waals surface area contributed by atoms with Crippen LogP contribution in [0.2, 0.25) is 0 Å². The Labute approximate surface area is 178 Å². The molecule has 0 saturated carbocycles. The number of halogens is 3. The van der Waals surface area contributed by atoms with Gasteiger partial charge in [-0.2, -0.15) is 18.3 Å². The van der Waals surface area contributed by atoms with Crippen LogP contribution in [0.1, 0.15) is 54.2 Å². The van der Waals surface area contributed by atoms with Gasteiger partial charge in [-0.3, -0.25) is 9.78 Å². The van der Waals surface area contributed by atoms with Crippen LogP contribution in [0.25, 0.3) is 5.65 Å². The highest BCUT2D eigenvalue weighted by molar-refractivity contribution is 5.76. The molecular weight excluding hydrogens is 407 g/mol.